The zero-order valence-electron chi connectivity index (χ0n) is 15.4. The van der Waals surface area contributed by atoms with Gasteiger partial charge < -0.3 is 14.5 Å². The molecule has 7 nitrogen and oxygen atoms in total. The highest BCUT2D eigenvalue weighted by molar-refractivity contribution is 5.68. The number of carbonyl (C=O) groups excluding carboxylic acids is 1. The minimum atomic E-state index is -0.580. The van der Waals surface area contributed by atoms with Crippen molar-refractivity contribution in [2.45, 2.75) is 52.2 Å². The first-order valence-corrected chi connectivity index (χ1v) is 8.64. The lowest BCUT2D eigenvalue weighted by atomic mass is 10.1. The normalized spacial score (nSPS) is 15.0. The van der Waals surface area contributed by atoms with Gasteiger partial charge in [0.2, 0.25) is 0 Å². The van der Waals surface area contributed by atoms with E-state index < -0.39 is 16.6 Å². The number of benzene rings is 1. The van der Waals surface area contributed by atoms with Crippen LogP contribution < -0.4 is 4.90 Å². The Morgan fingerprint density at radius 3 is 2.48 bits per heavy atom. The van der Waals surface area contributed by atoms with E-state index in [4.69, 9.17) is 4.74 Å². The second kappa shape index (κ2) is 7.72. The van der Waals surface area contributed by atoms with Crippen molar-refractivity contribution in [2.24, 2.45) is 0 Å². The molecule has 0 unspecified atom stereocenters. The molecule has 0 bridgehead atoms. The molecule has 138 valence electrons. The first kappa shape index (κ1) is 19.0. The molecule has 2 rings (SSSR count). The third-order valence-corrected chi connectivity index (χ3v) is 4.08. The van der Waals surface area contributed by atoms with Gasteiger partial charge in [0.15, 0.2) is 0 Å². The molecule has 0 N–H and O–H groups in total. The van der Waals surface area contributed by atoms with Gasteiger partial charge in [0.1, 0.15) is 5.60 Å². The highest BCUT2D eigenvalue weighted by atomic mass is 16.6. The molecule has 0 radical (unpaired) electrons. The maximum absolute atomic E-state index is 12.2. The Bertz CT molecular complexity index is 634. The molecular formula is C18H27N3O4. The molecule has 0 spiro atoms. The van der Waals surface area contributed by atoms with E-state index in [1.165, 1.54) is 17.4 Å². The number of anilines is 1. The minimum Gasteiger partial charge on any atom is -0.444 e. The Hall–Kier alpha value is -2.31. The van der Waals surface area contributed by atoms with E-state index in [0.29, 0.717) is 0 Å². The van der Waals surface area contributed by atoms with Crippen LogP contribution in [0, 0.1) is 10.1 Å². The van der Waals surface area contributed by atoms with E-state index in [1.807, 2.05) is 20.8 Å². The number of piperidine rings is 1. The summed E-state index contributed by atoms with van der Waals surface area (Å²) >= 11 is 0. The van der Waals surface area contributed by atoms with Crippen molar-refractivity contribution in [2.75, 3.05) is 25.0 Å². The number of amides is 1. The molecule has 1 heterocycles. The highest BCUT2D eigenvalue weighted by Gasteiger charge is 2.23. The average Bonchev–Trinajstić information content (AvgIpc) is 2.54. The van der Waals surface area contributed by atoms with Gasteiger partial charge in [-0.25, -0.2) is 4.79 Å². The van der Waals surface area contributed by atoms with Crippen molar-refractivity contribution in [3.05, 3.63) is 33.9 Å². The summed E-state index contributed by atoms with van der Waals surface area (Å²) in [4.78, 5) is 26.7. The molecule has 1 fully saturated rings. The monoisotopic (exact) mass is 349 g/mol. The first-order valence-electron chi connectivity index (χ1n) is 8.64. The molecule has 1 amide bonds. The van der Waals surface area contributed by atoms with Gasteiger partial charge in [0.05, 0.1) is 11.5 Å². The highest BCUT2D eigenvalue weighted by Crippen LogP contribution is 2.29. The van der Waals surface area contributed by atoms with Gasteiger partial charge in [-0.1, -0.05) is 0 Å². The molecule has 0 aromatic heterocycles. The lowest BCUT2D eigenvalue weighted by molar-refractivity contribution is -0.384. The largest absolute Gasteiger partial charge is 0.444 e. The van der Waals surface area contributed by atoms with Crippen molar-refractivity contribution in [1.29, 1.82) is 0 Å². The van der Waals surface area contributed by atoms with Crippen LogP contribution >= 0.6 is 0 Å². The summed E-state index contributed by atoms with van der Waals surface area (Å²) in [5, 5.41) is 11.1. The van der Waals surface area contributed by atoms with Gasteiger partial charge in [-0.05, 0) is 46.1 Å². The standard InChI is InChI=1S/C18H27N3O4/c1-18(2,3)25-17(22)19(4)13-14-12-15(21(23)24)8-9-16(14)20-10-6-5-7-11-20/h8-9,12H,5-7,10-11,13H2,1-4H3. The van der Waals surface area contributed by atoms with Gasteiger partial charge in [-0.2, -0.15) is 0 Å². The predicted octanol–water partition coefficient (Wildman–Crippen LogP) is 3.95. The van der Waals surface area contributed by atoms with E-state index in [-0.39, 0.29) is 12.2 Å². The summed E-state index contributed by atoms with van der Waals surface area (Å²) in [7, 11) is 1.65. The van der Waals surface area contributed by atoms with E-state index >= 15 is 0 Å². The van der Waals surface area contributed by atoms with E-state index in [9.17, 15) is 14.9 Å². The molecule has 1 saturated heterocycles. The number of nitro groups is 1. The molecule has 1 aromatic carbocycles. The second-order valence-electron chi connectivity index (χ2n) is 7.45. The van der Waals surface area contributed by atoms with E-state index in [1.54, 1.807) is 19.2 Å². The third kappa shape index (κ3) is 5.34. The molecule has 1 aliphatic rings. The van der Waals surface area contributed by atoms with Gasteiger partial charge in [0.25, 0.3) is 5.69 Å². The fourth-order valence-corrected chi connectivity index (χ4v) is 2.92. The topological polar surface area (TPSA) is 75.9 Å². The molecule has 0 atom stereocenters. The lowest BCUT2D eigenvalue weighted by Crippen LogP contribution is -2.35. The van der Waals surface area contributed by atoms with Crippen LogP contribution in [0.5, 0.6) is 0 Å². The number of carbonyl (C=O) groups is 1. The summed E-state index contributed by atoms with van der Waals surface area (Å²) in [6.45, 7) is 7.56. The maximum atomic E-state index is 12.2. The molecular weight excluding hydrogens is 322 g/mol. The van der Waals surface area contributed by atoms with Crippen LogP contribution in [0.1, 0.15) is 45.6 Å². The fourth-order valence-electron chi connectivity index (χ4n) is 2.92. The van der Waals surface area contributed by atoms with Crippen LogP contribution in [-0.2, 0) is 11.3 Å². The Balaban J connectivity index is 2.24. The summed E-state index contributed by atoms with van der Waals surface area (Å²) in [5.41, 5.74) is 1.18. The van der Waals surface area contributed by atoms with Gasteiger partial charge >= 0.3 is 6.09 Å². The number of hydrogen-bond donors (Lipinski definition) is 0. The zero-order chi connectivity index (χ0) is 18.6. The Kier molecular flexibility index (Phi) is 5.87. The Labute approximate surface area is 148 Å². The van der Waals surface area contributed by atoms with Crippen LogP contribution in [-0.4, -0.2) is 41.7 Å². The van der Waals surface area contributed by atoms with Crippen LogP contribution in [0.25, 0.3) is 0 Å². The Morgan fingerprint density at radius 1 is 1.28 bits per heavy atom. The summed E-state index contributed by atoms with van der Waals surface area (Å²) in [6, 6.07) is 4.88. The van der Waals surface area contributed by atoms with Crippen LogP contribution in [0.2, 0.25) is 0 Å². The summed E-state index contributed by atoms with van der Waals surface area (Å²) < 4.78 is 5.37. The molecule has 25 heavy (non-hydrogen) atoms. The number of rotatable bonds is 4. The molecule has 1 aliphatic heterocycles. The predicted molar refractivity (Wildman–Crippen MR) is 96.9 cm³/mol. The number of nitrogens with zero attached hydrogens (tertiary/aromatic N) is 3. The first-order chi connectivity index (χ1) is 11.7. The number of hydrogen-bond acceptors (Lipinski definition) is 5. The molecule has 7 heteroatoms. The molecule has 1 aromatic rings. The third-order valence-electron chi connectivity index (χ3n) is 4.08. The Morgan fingerprint density at radius 2 is 1.92 bits per heavy atom. The van der Waals surface area contributed by atoms with Gasteiger partial charge in [-0.3, -0.25) is 10.1 Å². The van der Waals surface area contributed by atoms with Crippen molar-refractivity contribution in [3.8, 4) is 0 Å². The fraction of sp³-hybridized carbons (Fsp3) is 0.611. The van der Waals surface area contributed by atoms with Crippen molar-refractivity contribution in [3.63, 3.8) is 0 Å². The SMILES string of the molecule is CN(Cc1cc([N+](=O)[O-])ccc1N1CCCCC1)C(=O)OC(C)(C)C. The average molecular weight is 349 g/mol. The summed E-state index contributed by atoms with van der Waals surface area (Å²) in [5.74, 6) is 0. The zero-order valence-corrected chi connectivity index (χ0v) is 15.4. The van der Waals surface area contributed by atoms with E-state index in [0.717, 1.165) is 37.2 Å². The number of nitro benzene ring substituents is 1. The van der Waals surface area contributed by atoms with Crippen molar-refractivity contribution in [1.82, 2.24) is 4.90 Å². The minimum absolute atomic E-state index is 0.0355. The second-order valence-corrected chi connectivity index (χ2v) is 7.45. The quantitative estimate of drug-likeness (QED) is 0.607. The van der Waals surface area contributed by atoms with E-state index in [2.05, 4.69) is 4.90 Å². The van der Waals surface area contributed by atoms with Crippen LogP contribution in [0.4, 0.5) is 16.2 Å². The van der Waals surface area contributed by atoms with Gasteiger partial charge in [0, 0.05) is 43.5 Å². The molecule has 0 saturated carbocycles. The smallest absolute Gasteiger partial charge is 0.410 e. The molecule has 0 aliphatic carbocycles. The summed E-state index contributed by atoms with van der Waals surface area (Å²) in [6.07, 6.45) is 2.98. The maximum Gasteiger partial charge on any atom is 0.410 e. The number of non-ortho nitro benzene ring substituents is 1. The van der Waals surface area contributed by atoms with Gasteiger partial charge in [-0.15, -0.1) is 0 Å². The van der Waals surface area contributed by atoms with Crippen LogP contribution in [0.15, 0.2) is 18.2 Å². The van der Waals surface area contributed by atoms with Crippen molar-refractivity contribution < 1.29 is 14.5 Å². The number of ether oxygens (including phenoxy) is 1. The van der Waals surface area contributed by atoms with Crippen LogP contribution in [0.3, 0.4) is 0 Å². The lowest BCUT2D eigenvalue weighted by Gasteiger charge is -2.31. The van der Waals surface area contributed by atoms with Crippen molar-refractivity contribution >= 4 is 17.5 Å².